The van der Waals surface area contributed by atoms with E-state index in [4.69, 9.17) is 17.3 Å². The number of nitrogen functional groups attached to an aromatic ring is 1. The number of hydrogen-bond donors (Lipinski definition) is 3. The lowest BCUT2D eigenvalue weighted by Crippen LogP contribution is -2.51. The maximum Gasteiger partial charge on any atom is 0.240 e. The van der Waals surface area contributed by atoms with E-state index in [1.807, 2.05) is 0 Å². The zero-order chi connectivity index (χ0) is 15.4. The first-order valence-electron chi connectivity index (χ1n) is 6.34. The Morgan fingerprint density at radius 3 is 2.62 bits per heavy atom. The zero-order valence-electron chi connectivity index (χ0n) is 11.2. The van der Waals surface area contributed by atoms with Crippen LogP contribution in [0.3, 0.4) is 0 Å². The van der Waals surface area contributed by atoms with E-state index in [-0.39, 0.29) is 37.2 Å². The Morgan fingerprint density at radius 2 is 2.00 bits per heavy atom. The maximum absolute atomic E-state index is 11.8. The average molecular weight is 311 g/mol. The normalized spacial score (nSPS) is 15.7. The minimum atomic E-state index is -0.353. The van der Waals surface area contributed by atoms with E-state index in [0.29, 0.717) is 22.9 Å². The van der Waals surface area contributed by atoms with Gasteiger partial charge in [0.25, 0.3) is 0 Å². The molecule has 4 N–H and O–H groups in total. The fourth-order valence-corrected chi connectivity index (χ4v) is 2.16. The van der Waals surface area contributed by atoms with Crippen molar-refractivity contribution in [3.05, 3.63) is 23.2 Å². The molecule has 0 bridgehead atoms. The minimum absolute atomic E-state index is 0.113. The molecule has 0 atom stereocenters. The molecular formula is C13H15ClN4O3. The van der Waals surface area contributed by atoms with Crippen LogP contribution in [0.5, 0.6) is 0 Å². The molecule has 2 rings (SSSR count). The van der Waals surface area contributed by atoms with Gasteiger partial charge in [0.2, 0.25) is 17.7 Å². The maximum atomic E-state index is 11.8. The molecule has 1 aromatic rings. The van der Waals surface area contributed by atoms with Gasteiger partial charge in [0, 0.05) is 18.0 Å². The third-order valence-corrected chi connectivity index (χ3v) is 3.19. The number of carbonyl (C=O) groups excluding carboxylic acids is 3. The van der Waals surface area contributed by atoms with Crippen molar-refractivity contribution < 1.29 is 14.4 Å². The zero-order valence-corrected chi connectivity index (χ0v) is 11.9. The number of amides is 3. The predicted octanol–water partition coefficient (Wildman–Crippen LogP) is 0.209. The van der Waals surface area contributed by atoms with Crippen molar-refractivity contribution in [2.24, 2.45) is 0 Å². The van der Waals surface area contributed by atoms with Crippen LogP contribution in [0.1, 0.15) is 6.42 Å². The van der Waals surface area contributed by atoms with E-state index in [0.717, 1.165) is 0 Å². The van der Waals surface area contributed by atoms with Crippen LogP contribution < -0.4 is 16.4 Å². The summed E-state index contributed by atoms with van der Waals surface area (Å²) < 4.78 is 0. The van der Waals surface area contributed by atoms with Crippen LogP contribution in [0.2, 0.25) is 5.02 Å². The second-order valence-corrected chi connectivity index (χ2v) is 5.15. The summed E-state index contributed by atoms with van der Waals surface area (Å²) in [5.74, 6) is -0.954. The predicted molar refractivity (Wildman–Crippen MR) is 78.7 cm³/mol. The van der Waals surface area contributed by atoms with Crippen LogP contribution in [0, 0.1) is 0 Å². The summed E-state index contributed by atoms with van der Waals surface area (Å²) >= 11 is 5.77. The van der Waals surface area contributed by atoms with Crippen LogP contribution in [0.4, 0.5) is 11.4 Å². The summed E-state index contributed by atoms with van der Waals surface area (Å²) in [6, 6.07) is 4.79. The van der Waals surface area contributed by atoms with Crippen LogP contribution >= 0.6 is 11.6 Å². The Balaban J connectivity index is 1.84. The molecule has 1 aliphatic rings. The van der Waals surface area contributed by atoms with Crippen molar-refractivity contribution in [1.29, 1.82) is 0 Å². The first-order chi connectivity index (χ1) is 9.94. The Kier molecular flexibility index (Phi) is 4.77. The molecule has 1 saturated heterocycles. The summed E-state index contributed by atoms with van der Waals surface area (Å²) in [6.45, 7) is 0.544. The Morgan fingerprint density at radius 1 is 1.33 bits per heavy atom. The molecule has 1 aromatic carbocycles. The van der Waals surface area contributed by atoms with Crippen molar-refractivity contribution in [1.82, 2.24) is 10.2 Å². The summed E-state index contributed by atoms with van der Waals surface area (Å²) in [6.07, 6.45) is 0.155. The highest BCUT2D eigenvalue weighted by Gasteiger charge is 2.22. The molecular weight excluding hydrogens is 296 g/mol. The largest absolute Gasteiger partial charge is 0.397 e. The van der Waals surface area contributed by atoms with Gasteiger partial charge in [-0.15, -0.1) is 0 Å². The number of piperazine rings is 1. The lowest BCUT2D eigenvalue weighted by molar-refractivity contribution is -0.136. The second kappa shape index (κ2) is 6.55. The molecule has 1 fully saturated rings. The lowest BCUT2D eigenvalue weighted by atomic mass is 10.2. The van der Waals surface area contributed by atoms with E-state index < -0.39 is 0 Å². The van der Waals surface area contributed by atoms with Crippen molar-refractivity contribution >= 4 is 40.7 Å². The molecule has 7 nitrogen and oxygen atoms in total. The highest BCUT2D eigenvalue weighted by atomic mass is 35.5. The van der Waals surface area contributed by atoms with Gasteiger partial charge in [0.15, 0.2) is 0 Å². The number of nitrogens with two attached hydrogens (primary N) is 1. The number of rotatable bonds is 4. The van der Waals surface area contributed by atoms with Gasteiger partial charge >= 0.3 is 0 Å². The van der Waals surface area contributed by atoms with E-state index in [9.17, 15) is 14.4 Å². The van der Waals surface area contributed by atoms with E-state index in [2.05, 4.69) is 10.6 Å². The number of nitrogens with one attached hydrogen (secondary N) is 2. The van der Waals surface area contributed by atoms with Gasteiger partial charge in [-0.05, 0) is 18.2 Å². The molecule has 112 valence electrons. The fourth-order valence-electron chi connectivity index (χ4n) is 1.97. The molecule has 0 spiro atoms. The average Bonchev–Trinajstić information content (AvgIpc) is 2.39. The van der Waals surface area contributed by atoms with Crippen LogP contribution in [-0.2, 0) is 14.4 Å². The first kappa shape index (κ1) is 15.3. The van der Waals surface area contributed by atoms with Gasteiger partial charge in [-0.25, -0.2) is 0 Å². The molecule has 21 heavy (non-hydrogen) atoms. The van der Waals surface area contributed by atoms with Crippen LogP contribution in [0.15, 0.2) is 18.2 Å². The Hall–Kier alpha value is -2.12. The monoisotopic (exact) mass is 310 g/mol. The summed E-state index contributed by atoms with van der Waals surface area (Å²) in [7, 11) is 0. The summed E-state index contributed by atoms with van der Waals surface area (Å²) in [4.78, 5) is 35.8. The molecule has 8 heteroatoms. The summed E-state index contributed by atoms with van der Waals surface area (Å²) in [5.41, 5.74) is 6.60. The number of halogens is 1. The van der Waals surface area contributed by atoms with E-state index in [1.165, 1.54) is 0 Å². The molecule has 3 amide bonds. The smallest absolute Gasteiger partial charge is 0.240 e. The third-order valence-electron chi connectivity index (χ3n) is 2.96. The molecule has 0 saturated carbocycles. The molecule has 0 radical (unpaired) electrons. The molecule has 0 aliphatic carbocycles. The van der Waals surface area contributed by atoms with Gasteiger partial charge < -0.3 is 11.1 Å². The van der Waals surface area contributed by atoms with Crippen molar-refractivity contribution in [3.63, 3.8) is 0 Å². The number of benzene rings is 1. The van der Waals surface area contributed by atoms with Crippen LogP contribution in [-0.4, -0.2) is 42.3 Å². The molecule has 1 heterocycles. The second-order valence-electron chi connectivity index (χ2n) is 4.71. The minimum Gasteiger partial charge on any atom is -0.397 e. The van der Waals surface area contributed by atoms with Gasteiger partial charge in [0.05, 0.1) is 24.5 Å². The van der Waals surface area contributed by atoms with Crippen molar-refractivity contribution in [2.45, 2.75) is 6.42 Å². The van der Waals surface area contributed by atoms with E-state index in [1.54, 1.807) is 23.1 Å². The van der Waals surface area contributed by atoms with E-state index >= 15 is 0 Å². The number of imide groups is 1. The standard InChI is InChI=1S/C13H15ClN4O3/c14-8-1-2-10(9(15)5-8)16-11(19)3-4-18-6-12(20)17-13(21)7-18/h1-2,5H,3-4,6-7,15H2,(H,16,19)(H,17,20,21). The number of hydrogen-bond acceptors (Lipinski definition) is 5. The van der Waals surface area contributed by atoms with Crippen LogP contribution in [0.25, 0.3) is 0 Å². The Labute approximate surface area is 126 Å². The number of anilines is 2. The number of carbonyl (C=O) groups is 3. The Bertz CT molecular complexity index is 575. The highest BCUT2D eigenvalue weighted by Crippen LogP contribution is 2.22. The molecule has 0 unspecified atom stereocenters. The molecule has 0 aromatic heterocycles. The quantitative estimate of drug-likeness (QED) is 0.545. The molecule has 1 aliphatic heterocycles. The SMILES string of the molecule is Nc1cc(Cl)ccc1NC(=O)CCN1CC(=O)NC(=O)C1. The van der Waals surface area contributed by atoms with Gasteiger partial charge in [-0.3, -0.25) is 24.6 Å². The topological polar surface area (TPSA) is 105 Å². The number of nitrogens with zero attached hydrogens (tertiary/aromatic N) is 1. The first-order valence-corrected chi connectivity index (χ1v) is 6.72. The van der Waals surface area contributed by atoms with Crippen molar-refractivity contribution in [3.8, 4) is 0 Å². The third kappa shape index (κ3) is 4.44. The lowest BCUT2D eigenvalue weighted by Gasteiger charge is -2.24. The highest BCUT2D eigenvalue weighted by molar-refractivity contribution is 6.31. The van der Waals surface area contributed by atoms with Crippen molar-refractivity contribution in [2.75, 3.05) is 30.7 Å². The van der Waals surface area contributed by atoms with Gasteiger partial charge in [-0.1, -0.05) is 11.6 Å². The summed E-state index contributed by atoms with van der Waals surface area (Å²) in [5, 5.41) is 5.35. The van der Waals surface area contributed by atoms with Gasteiger partial charge in [-0.2, -0.15) is 0 Å². The fraction of sp³-hybridized carbons (Fsp3) is 0.308. The van der Waals surface area contributed by atoms with Gasteiger partial charge in [0.1, 0.15) is 0 Å².